The highest BCUT2D eigenvalue weighted by Gasteiger charge is 2.11. The van der Waals surface area contributed by atoms with E-state index in [1.807, 2.05) is 30.4 Å². The zero-order valence-electron chi connectivity index (χ0n) is 12.9. The number of rotatable bonds is 2. The summed E-state index contributed by atoms with van der Waals surface area (Å²) in [4.78, 5) is 9.30. The van der Waals surface area contributed by atoms with E-state index in [1.54, 1.807) is 0 Å². The van der Waals surface area contributed by atoms with Gasteiger partial charge < -0.3 is 0 Å². The minimum absolute atomic E-state index is 0.155. The number of aliphatic imine (C=N–C) groups is 2. The lowest BCUT2D eigenvalue weighted by atomic mass is 10.1. The van der Waals surface area contributed by atoms with Gasteiger partial charge in [-0.25, -0.2) is 0 Å². The predicted molar refractivity (Wildman–Crippen MR) is 85.4 cm³/mol. The fourth-order valence-electron chi connectivity index (χ4n) is 1.98. The maximum absolute atomic E-state index is 4.66. The van der Waals surface area contributed by atoms with Crippen LogP contribution in [0.2, 0.25) is 0 Å². The van der Waals surface area contributed by atoms with E-state index in [-0.39, 0.29) is 6.04 Å². The second-order valence-electron chi connectivity index (χ2n) is 5.20. The molecule has 4 heteroatoms. The van der Waals surface area contributed by atoms with Crippen LogP contribution in [0.4, 0.5) is 0 Å². The van der Waals surface area contributed by atoms with Crippen molar-refractivity contribution in [3.8, 4) is 0 Å². The number of nitrogens with zero attached hydrogens (tertiary/aromatic N) is 4. The van der Waals surface area contributed by atoms with Crippen LogP contribution < -0.4 is 0 Å². The highest BCUT2D eigenvalue weighted by atomic mass is 15.3. The van der Waals surface area contributed by atoms with Gasteiger partial charge in [-0.1, -0.05) is 6.92 Å². The molecule has 0 aromatic carbocycles. The number of hydrogen-bond donors (Lipinski definition) is 0. The Balaban J connectivity index is 2.52. The fraction of sp³-hybridized carbons (Fsp3) is 0.438. The Labute approximate surface area is 120 Å². The first-order valence-corrected chi connectivity index (χ1v) is 6.98. The molecule has 0 saturated carbocycles. The monoisotopic (exact) mass is 270 g/mol. The fourth-order valence-corrected chi connectivity index (χ4v) is 1.98. The van der Waals surface area contributed by atoms with Crippen LogP contribution in [-0.2, 0) is 7.05 Å². The largest absolute Gasteiger partial charge is 0.285 e. The molecule has 4 nitrogen and oxygen atoms in total. The summed E-state index contributed by atoms with van der Waals surface area (Å²) in [5, 5.41) is 4.31. The molecule has 0 spiro atoms. The Kier molecular flexibility index (Phi) is 4.32. The van der Waals surface area contributed by atoms with Gasteiger partial charge in [-0.3, -0.25) is 14.7 Å². The number of aromatic nitrogens is 2. The lowest BCUT2D eigenvalue weighted by molar-refractivity contribution is 0.739. The van der Waals surface area contributed by atoms with Gasteiger partial charge in [0, 0.05) is 30.7 Å². The summed E-state index contributed by atoms with van der Waals surface area (Å²) in [6.45, 7) is 8.33. The van der Waals surface area contributed by atoms with Gasteiger partial charge >= 0.3 is 0 Å². The molecule has 0 radical (unpaired) electrons. The summed E-state index contributed by atoms with van der Waals surface area (Å²) in [5.74, 6) is 0. The third-order valence-corrected chi connectivity index (χ3v) is 3.76. The Morgan fingerprint density at radius 1 is 1.15 bits per heavy atom. The zero-order chi connectivity index (χ0) is 14.7. The zero-order valence-corrected chi connectivity index (χ0v) is 12.9. The molecule has 106 valence electrons. The predicted octanol–water partition coefficient (Wildman–Crippen LogP) is 3.34. The summed E-state index contributed by atoms with van der Waals surface area (Å²) in [7, 11) is 1.95. The summed E-state index contributed by atoms with van der Waals surface area (Å²) < 4.78 is 1.87. The van der Waals surface area contributed by atoms with E-state index in [0.717, 1.165) is 34.5 Å². The van der Waals surface area contributed by atoms with E-state index in [1.165, 1.54) is 0 Å². The highest BCUT2D eigenvalue weighted by molar-refractivity contribution is 5.93. The lowest BCUT2D eigenvalue weighted by Crippen LogP contribution is -2.00. The van der Waals surface area contributed by atoms with Crippen molar-refractivity contribution in [1.82, 2.24) is 9.78 Å². The molecule has 20 heavy (non-hydrogen) atoms. The molecule has 0 amide bonds. The van der Waals surface area contributed by atoms with Gasteiger partial charge in [-0.15, -0.1) is 0 Å². The summed E-state index contributed by atoms with van der Waals surface area (Å²) >= 11 is 0. The van der Waals surface area contributed by atoms with Crippen LogP contribution in [0.3, 0.4) is 0 Å². The average Bonchev–Trinajstić information content (AvgIpc) is 2.79. The van der Waals surface area contributed by atoms with Crippen LogP contribution in [-0.4, -0.2) is 28.3 Å². The molecule has 0 saturated heterocycles. The Bertz CT molecular complexity index is 614. The topological polar surface area (TPSA) is 42.5 Å². The molecule has 0 aliphatic carbocycles. The Morgan fingerprint density at radius 2 is 1.85 bits per heavy atom. The van der Waals surface area contributed by atoms with Crippen LogP contribution in [0, 0.1) is 6.92 Å². The Hall–Kier alpha value is -1.97. The second-order valence-corrected chi connectivity index (χ2v) is 5.20. The highest BCUT2D eigenvalue weighted by Crippen LogP contribution is 2.22. The minimum Gasteiger partial charge on any atom is -0.285 e. The van der Waals surface area contributed by atoms with E-state index in [4.69, 9.17) is 0 Å². The van der Waals surface area contributed by atoms with Gasteiger partial charge in [0.25, 0.3) is 0 Å². The van der Waals surface area contributed by atoms with Crippen molar-refractivity contribution in [2.75, 3.05) is 0 Å². The number of aryl methyl sites for hydroxylation is 1. The van der Waals surface area contributed by atoms with Gasteiger partial charge in [0.2, 0.25) is 0 Å². The van der Waals surface area contributed by atoms with Crippen LogP contribution >= 0.6 is 0 Å². The standard InChI is InChI=1S/C16H22N4/c1-6-14-7-16(15-10-19-20(5)13(15)4)18-9-12(3)11(2)8-17-14/h7-10,14H,6H2,1-5H3/b12-11+,16-7-,17-8?,18-9-. The summed E-state index contributed by atoms with van der Waals surface area (Å²) in [5.41, 5.74) is 5.44. The van der Waals surface area contributed by atoms with Gasteiger partial charge in [-0.05, 0) is 44.4 Å². The molecule has 0 fully saturated rings. The lowest BCUT2D eigenvalue weighted by Gasteiger charge is -2.06. The molecule has 2 rings (SSSR count). The molecule has 1 atom stereocenters. The van der Waals surface area contributed by atoms with Crippen LogP contribution in [0.5, 0.6) is 0 Å². The van der Waals surface area contributed by atoms with Gasteiger partial charge in [0.1, 0.15) is 0 Å². The third kappa shape index (κ3) is 2.95. The average molecular weight is 270 g/mol. The molecule has 1 aliphatic heterocycles. The van der Waals surface area contributed by atoms with E-state index < -0.39 is 0 Å². The van der Waals surface area contributed by atoms with Crippen LogP contribution in [0.1, 0.15) is 38.4 Å². The van der Waals surface area contributed by atoms with Crippen LogP contribution in [0.15, 0.2) is 33.4 Å². The van der Waals surface area contributed by atoms with Crippen molar-refractivity contribution >= 4 is 18.1 Å². The molecule has 2 heterocycles. The van der Waals surface area contributed by atoms with Gasteiger partial charge in [-0.2, -0.15) is 5.10 Å². The van der Waals surface area contributed by atoms with Crippen molar-refractivity contribution in [1.29, 1.82) is 0 Å². The Morgan fingerprint density at radius 3 is 2.45 bits per heavy atom. The molecule has 1 aliphatic rings. The maximum Gasteiger partial charge on any atom is 0.0717 e. The molecule has 1 aromatic heterocycles. The smallest absolute Gasteiger partial charge is 0.0717 e. The molecule has 0 bridgehead atoms. The second kappa shape index (κ2) is 5.99. The first-order chi connectivity index (χ1) is 9.52. The number of allylic oxidation sites excluding steroid dienone is 2. The van der Waals surface area contributed by atoms with Crippen molar-refractivity contribution in [3.05, 3.63) is 34.7 Å². The van der Waals surface area contributed by atoms with Crippen LogP contribution in [0.25, 0.3) is 5.70 Å². The summed E-state index contributed by atoms with van der Waals surface area (Å²) in [6.07, 6.45) is 8.82. The maximum atomic E-state index is 4.66. The van der Waals surface area contributed by atoms with E-state index in [0.29, 0.717) is 0 Å². The van der Waals surface area contributed by atoms with E-state index in [9.17, 15) is 0 Å². The van der Waals surface area contributed by atoms with E-state index in [2.05, 4.69) is 48.9 Å². The van der Waals surface area contributed by atoms with Gasteiger partial charge in [0.05, 0.1) is 17.9 Å². The molecular weight excluding hydrogens is 248 g/mol. The SMILES string of the molecule is CCC1\C=C(c2cnn(C)c2C)/N=C\C(C)=C(/C)C=N1. The van der Waals surface area contributed by atoms with Gasteiger partial charge in [0.15, 0.2) is 0 Å². The minimum atomic E-state index is 0.155. The first-order valence-electron chi connectivity index (χ1n) is 6.98. The van der Waals surface area contributed by atoms with Crippen molar-refractivity contribution in [2.24, 2.45) is 17.0 Å². The normalized spacial score (nSPS) is 27.4. The number of hydrogen-bond acceptors (Lipinski definition) is 3. The molecule has 1 unspecified atom stereocenters. The van der Waals surface area contributed by atoms with Crippen molar-refractivity contribution in [3.63, 3.8) is 0 Å². The summed E-state index contributed by atoms with van der Waals surface area (Å²) in [6, 6.07) is 0.155. The van der Waals surface area contributed by atoms with E-state index >= 15 is 0 Å². The molecular formula is C16H22N4. The molecule has 1 aromatic rings. The van der Waals surface area contributed by atoms with Crippen molar-refractivity contribution < 1.29 is 0 Å². The first kappa shape index (κ1) is 14.4. The molecule has 0 N–H and O–H groups in total. The van der Waals surface area contributed by atoms with Crippen molar-refractivity contribution in [2.45, 2.75) is 40.2 Å². The third-order valence-electron chi connectivity index (χ3n) is 3.76. The quantitative estimate of drug-likeness (QED) is 0.812.